The van der Waals surface area contributed by atoms with Gasteiger partial charge in [0.15, 0.2) is 0 Å². The summed E-state index contributed by atoms with van der Waals surface area (Å²) in [5, 5.41) is 11.9. The van der Waals surface area contributed by atoms with Crippen molar-refractivity contribution in [2.75, 3.05) is 33.2 Å². The van der Waals surface area contributed by atoms with Gasteiger partial charge < -0.3 is 10.0 Å². The number of rotatable bonds is 5. The van der Waals surface area contributed by atoms with Crippen LogP contribution in [0.25, 0.3) is 10.9 Å². The molecular weight excluding hydrogens is 354 g/mol. The number of likely N-dealkylation sites (N-methyl/N-ethyl adjacent to an activating group) is 1. The monoisotopic (exact) mass is 379 g/mol. The quantitative estimate of drug-likeness (QED) is 0.679. The summed E-state index contributed by atoms with van der Waals surface area (Å²) < 4.78 is 0. The van der Waals surface area contributed by atoms with Crippen molar-refractivity contribution in [1.82, 2.24) is 14.8 Å². The van der Waals surface area contributed by atoms with Crippen LogP contribution in [0.1, 0.15) is 11.1 Å². The normalized spacial score (nSPS) is 16.0. The molecule has 1 fully saturated rings. The molecule has 0 radical (unpaired) electrons. The van der Waals surface area contributed by atoms with E-state index in [-0.39, 0.29) is 0 Å². The third kappa shape index (κ3) is 4.26. The Hall–Kier alpha value is -2.08. The molecule has 1 aliphatic rings. The van der Waals surface area contributed by atoms with E-state index in [9.17, 15) is 5.11 Å². The predicted octanol–water partition coefficient (Wildman–Crippen LogP) is 3.98. The Balaban J connectivity index is 1.62. The molecule has 2 aromatic carbocycles. The van der Waals surface area contributed by atoms with E-state index in [1.165, 1.54) is 10.5 Å². The van der Waals surface area contributed by atoms with Crippen molar-refractivity contribution in [2.45, 2.75) is 17.2 Å². The summed E-state index contributed by atoms with van der Waals surface area (Å²) >= 11 is 1.82. The minimum absolute atomic E-state index is 0.331. The maximum atomic E-state index is 10.8. The summed E-state index contributed by atoms with van der Waals surface area (Å²) in [5.74, 6) is 1.19. The van der Waals surface area contributed by atoms with E-state index in [4.69, 9.17) is 0 Å². The van der Waals surface area contributed by atoms with E-state index in [0.717, 1.165) is 49.4 Å². The first-order valence-corrected chi connectivity index (χ1v) is 10.4. The van der Waals surface area contributed by atoms with Crippen molar-refractivity contribution >= 4 is 22.7 Å². The van der Waals surface area contributed by atoms with Gasteiger partial charge in [-0.3, -0.25) is 9.88 Å². The number of aromatic hydroxyl groups is 1. The molecule has 1 N–H and O–H groups in total. The second kappa shape index (κ2) is 8.30. The van der Waals surface area contributed by atoms with Crippen LogP contribution < -0.4 is 0 Å². The molecule has 4 rings (SSSR count). The van der Waals surface area contributed by atoms with Crippen LogP contribution in [0.5, 0.6) is 5.75 Å². The highest BCUT2D eigenvalue weighted by Gasteiger charge is 2.18. The van der Waals surface area contributed by atoms with Crippen molar-refractivity contribution in [3.05, 3.63) is 65.9 Å². The molecule has 0 spiro atoms. The van der Waals surface area contributed by atoms with Crippen molar-refractivity contribution in [2.24, 2.45) is 0 Å². The molecular formula is C22H25N3OS. The summed E-state index contributed by atoms with van der Waals surface area (Å²) in [5.41, 5.74) is 2.93. The first kappa shape index (κ1) is 18.3. The van der Waals surface area contributed by atoms with Crippen LogP contribution in [0.2, 0.25) is 0 Å². The fourth-order valence-corrected chi connectivity index (χ4v) is 4.44. The second-order valence-electron chi connectivity index (χ2n) is 7.12. The highest BCUT2D eigenvalue weighted by molar-refractivity contribution is 7.98. The van der Waals surface area contributed by atoms with E-state index in [2.05, 4.69) is 58.2 Å². The lowest BCUT2D eigenvalue weighted by Gasteiger charge is -2.32. The highest BCUT2D eigenvalue weighted by atomic mass is 32.2. The minimum atomic E-state index is 0.331. The van der Waals surface area contributed by atoms with Gasteiger partial charge in [-0.1, -0.05) is 24.3 Å². The lowest BCUT2D eigenvalue weighted by atomic mass is 10.0. The van der Waals surface area contributed by atoms with Crippen LogP contribution in [0, 0.1) is 0 Å². The van der Waals surface area contributed by atoms with Crippen molar-refractivity contribution < 1.29 is 5.11 Å². The number of piperazine rings is 1. The maximum absolute atomic E-state index is 10.8. The zero-order valence-electron chi connectivity index (χ0n) is 15.6. The maximum Gasteiger partial charge on any atom is 0.146 e. The van der Waals surface area contributed by atoms with Crippen molar-refractivity contribution in [1.29, 1.82) is 0 Å². The number of fused-ring (bicyclic) bond motifs is 1. The van der Waals surface area contributed by atoms with E-state index in [1.807, 2.05) is 23.9 Å². The molecule has 0 atom stereocenters. The predicted molar refractivity (Wildman–Crippen MR) is 112 cm³/mol. The zero-order chi connectivity index (χ0) is 18.6. The van der Waals surface area contributed by atoms with Gasteiger partial charge >= 0.3 is 0 Å². The minimum Gasteiger partial charge on any atom is -0.505 e. The molecule has 0 aliphatic carbocycles. The Labute approximate surface area is 164 Å². The van der Waals surface area contributed by atoms with E-state index in [0.29, 0.717) is 11.3 Å². The van der Waals surface area contributed by atoms with Gasteiger partial charge in [-0.05, 0) is 36.9 Å². The number of phenols is 1. The fourth-order valence-electron chi connectivity index (χ4n) is 3.53. The molecule has 140 valence electrons. The number of thioether (sulfide) groups is 1. The van der Waals surface area contributed by atoms with Gasteiger partial charge in [0, 0.05) is 60.5 Å². The van der Waals surface area contributed by atoms with Crippen LogP contribution in [0.15, 0.2) is 59.6 Å². The second-order valence-corrected chi connectivity index (χ2v) is 8.17. The Morgan fingerprint density at radius 1 is 1.00 bits per heavy atom. The van der Waals surface area contributed by atoms with Gasteiger partial charge in [-0.15, -0.1) is 11.8 Å². The van der Waals surface area contributed by atoms with Crippen molar-refractivity contribution in [3.63, 3.8) is 0 Å². The summed E-state index contributed by atoms with van der Waals surface area (Å²) in [7, 11) is 2.16. The van der Waals surface area contributed by atoms with Gasteiger partial charge in [0.2, 0.25) is 0 Å². The molecule has 0 saturated carbocycles. The summed E-state index contributed by atoms with van der Waals surface area (Å²) in [6.45, 7) is 4.98. The molecule has 0 amide bonds. The molecule has 3 aromatic rings. The Bertz CT molecular complexity index is 908. The van der Waals surface area contributed by atoms with Crippen LogP contribution in [0.4, 0.5) is 0 Å². The average molecular weight is 380 g/mol. The first-order valence-electron chi connectivity index (χ1n) is 9.38. The Kier molecular flexibility index (Phi) is 5.62. The third-order valence-corrected chi connectivity index (χ3v) is 6.22. The molecule has 0 unspecified atom stereocenters. The number of aromatic nitrogens is 1. The van der Waals surface area contributed by atoms with E-state index < -0.39 is 0 Å². The summed E-state index contributed by atoms with van der Waals surface area (Å²) in [6.07, 6.45) is 1.76. The standard InChI is InChI=1S/C22H25N3OS/c1-24-10-12-25(13-11-24)15-17-14-18(16-27-19-6-3-2-4-7-19)20-8-5-9-23-21(20)22(17)26/h2-9,14,26H,10-13,15-16H2,1H3. The Morgan fingerprint density at radius 3 is 2.56 bits per heavy atom. The van der Waals surface area contributed by atoms with E-state index in [1.54, 1.807) is 6.20 Å². The smallest absolute Gasteiger partial charge is 0.146 e. The lowest BCUT2D eigenvalue weighted by molar-refractivity contribution is 0.147. The molecule has 4 nitrogen and oxygen atoms in total. The molecule has 2 heterocycles. The van der Waals surface area contributed by atoms with Gasteiger partial charge in [-0.25, -0.2) is 0 Å². The van der Waals surface area contributed by atoms with E-state index >= 15 is 0 Å². The topological polar surface area (TPSA) is 39.6 Å². The fraction of sp³-hybridized carbons (Fsp3) is 0.318. The molecule has 1 saturated heterocycles. The van der Waals surface area contributed by atoms with Gasteiger partial charge in [0.05, 0.1) is 0 Å². The van der Waals surface area contributed by atoms with Crippen molar-refractivity contribution in [3.8, 4) is 5.75 Å². The highest BCUT2D eigenvalue weighted by Crippen LogP contribution is 2.34. The average Bonchev–Trinajstić information content (AvgIpc) is 2.71. The van der Waals surface area contributed by atoms with Crippen LogP contribution >= 0.6 is 11.8 Å². The molecule has 1 aromatic heterocycles. The molecule has 5 heteroatoms. The first-order chi connectivity index (χ1) is 13.2. The van der Waals surface area contributed by atoms with Crippen LogP contribution in [-0.2, 0) is 12.3 Å². The molecule has 1 aliphatic heterocycles. The number of pyridine rings is 1. The number of nitrogens with zero attached hydrogens (tertiary/aromatic N) is 3. The molecule has 0 bridgehead atoms. The number of hydrogen-bond acceptors (Lipinski definition) is 5. The van der Waals surface area contributed by atoms with Gasteiger partial charge in [0.1, 0.15) is 11.3 Å². The zero-order valence-corrected chi connectivity index (χ0v) is 16.5. The Morgan fingerprint density at radius 2 is 1.78 bits per heavy atom. The molecule has 27 heavy (non-hydrogen) atoms. The van der Waals surface area contributed by atoms with Gasteiger partial charge in [0.25, 0.3) is 0 Å². The summed E-state index contributed by atoms with van der Waals surface area (Å²) in [4.78, 5) is 10.5. The van der Waals surface area contributed by atoms with Gasteiger partial charge in [-0.2, -0.15) is 0 Å². The summed E-state index contributed by atoms with van der Waals surface area (Å²) in [6, 6.07) is 16.6. The van der Waals surface area contributed by atoms with Crippen LogP contribution in [-0.4, -0.2) is 53.1 Å². The lowest BCUT2D eigenvalue weighted by Crippen LogP contribution is -2.43. The number of phenolic OH excluding ortho intramolecular Hbond substituents is 1. The van der Waals surface area contributed by atoms with Crippen LogP contribution in [0.3, 0.4) is 0 Å². The largest absolute Gasteiger partial charge is 0.505 e. The number of benzene rings is 2. The SMILES string of the molecule is CN1CCN(Cc2cc(CSc3ccccc3)c3cccnc3c2O)CC1. The third-order valence-electron chi connectivity index (χ3n) is 5.16. The number of hydrogen-bond donors (Lipinski definition) is 1.